The number of carboxylic acids is 1. The minimum absolute atomic E-state index is 0.00911. The molecule has 108 valence electrons. The summed E-state index contributed by atoms with van der Waals surface area (Å²) in [4.78, 5) is 22.9. The Morgan fingerprint density at radius 1 is 1.35 bits per heavy atom. The van der Waals surface area contributed by atoms with Crippen LogP contribution in [0.25, 0.3) is 0 Å². The number of nitrogens with two attached hydrogens (primary N) is 1. The summed E-state index contributed by atoms with van der Waals surface area (Å²) in [6, 6.07) is 3.69. The summed E-state index contributed by atoms with van der Waals surface area (Å²) in [5.41, 5.74) is 5.53. The molecule has 1 aromatic rings. The van der Waals surface area contributed by atoms with Crippen LogP contribution in [0, 0.1) is 11.7 Å². The monoisotopic (exact) mass is 280 g/mol. The van der Waals surface area contributed by atoms with E-state index in [0.29, 0.717) is 12.8 Å². The van der Waals surface area contributed by atoms with Gasteiger partial charge in [0, 0.05) is 11.6 Å². The van der Waals surface area contributed by atoms with E-state index in [9.17, 15) is 14.0 Å². The third-order valence-electron chi connectivity index (χ3n) is 3.62. The molecule has 0 aliphatic heterocycles. The number of carboxylic acid groups (broad SMARTS) is 1. The molecule has 1 fully saturated rings. The van der Waals surface area contributed by atoms with E-state index in [1.54, 1.807) is 0 Å². The van der Waals surface area contributed by atoms with Gasteiger partial charge in [-0.2, -0.15) is 0 Å². The van der Waals surface area contributed by atoms with Crippen LogP contribution < -0.4 is 11.1 Å². The van der Waals surface area contributed by atoms with Crippen LogP contribution in [0.4, 0.5) is 10.1 Å². The van der Waals surface area contributed by atoms with Gasteiger partial charge in [-0.1, -0.05) is 6.42 Å². The molecule has 2 unspecified atom stereocenters. The average Bonchev–Trinajstić information content (AvgIpc) is 2.42. The van der Waals surface area contributed by atoms with E-state index in [-0.39, 0.29) is 17.3 Å². The van der Waals surface area contributed by atoms with Crippen molar-refractivity contribution >= 4 is 17.6 Å². The number of aliphatic carboxylic acids is 1. The molecule has 6 heteroatoms. The molecule has 0 spiro atoms. The molecular formula is C14H17FN2O3. The zero-order valence-electron chi connectivity index (χ0n) is 10.9. The smallest absolute Gasteiger partial charge is 0.306 e. The third kappa shape index (κ3) is 3.26. The molecule has 0 bridgehead atoms. The number of carbonyl (C=O) groups is 2. The first-order valence-corrected chi connectivity index (χ1v) is 6.56. The number of halogens is 1. The van der Waals surface area contributed by atoms with Crippen molar-refractivity contribution in [2.45, 2.75) is 31.7 Å². The van der Waals surface area contributed by atoms with Gasteiger partial charge in [-0.15, -0.1) is 0 Å². The number of hydrogen-bond donors (Lipinski definition) is 3. The lowest BCUT2D eigenvalue weighted by molar-refractivity contribution is -0.143. The SMILES string of the molecule is Nc1ccc(C(=O)NC2CCCC(C(=O)O)C2)cc1F. The normalized spacial score (nSPS) is 22.2. The van der Waals surface area contributed by atoms with Gasteiger partial charge in [-0.25, -0.2) is 4.39 Å². The van der Waals surface area contributed by atoms with Crippen LogP contribution in [0.5, 0.6) is 0 Å². The van der Waals surface area contributed by atoms with Gasteiger partial charge in [0.25, 0.3) is 5.91 Å². The lowest BCUT2D eigenvalue weighted by Gasteiger charge is -2.27. The second-order valence-electron chi connectivity index (χ2n) is 5.11. The lowest BCUT2D eigenvalue weighted by atomic mass is 9.85. The van der Waals surface area contributed by atoms with E-state index >= 15 is 0 Å². The van der Waals surface area contributed by atoms with Crippen LogP contribution >= 0.6 is 0 Å². The minimum Gasteiger partial charge on any atom is -0.481 e. The highest BCUT2D eigenvalue weighted by atomic mass is 19.1. The summed E-state index contributed by atoms with van der Waals surface area (Å²) < 4.78 is 13.3. The molecule has 1 saturated carbocycles. The fraction of sp³-hybridized carbons (Fsp3) is 0.429. The Morgan fingerprint density at radius 3 is 2.75 bits per heavy atom. The van der Waals surface area contributed by atoms with Gasteiger partial charge in [0.15, 0.2) is 0 Å². The first-order chi connectivity index (χ1) is 9.47. The predicted octanol–water partition coefficient (Wildman–Crippen LogP) is 1.78. The number of anilines is 1. The Bertz CT molecular complexity index is 533. The second kappa shape index (κ2) is 5.90. The number of benzene rings is 1. The highest BCUT2D eigenvalue weighted by molar-refractivity contribution is 5.94. The maximum atomic E-state index is 13.3. The van der Waals surface area contributed by atoms with Gasteiger partial charge >= 0.3 is 5.97 Å². The topological polar surface area (TPSA) is 92.4 Å². The number of carbonyl (C=O) groups excluding carboxylic acids is 1. The quantitative estimate of drug-likeness (QED) is 0.736. The second-order valence-corrected chi connectivity index (χ2v) is 5.11. The summed E-state index contributed by atoms with van der Waals surface area (Å²) in [5, 5.41) is 11.8. The Balaban J connectivity index is 2.00. The van der Waals surface area contributed by atoms with Crippen molar-refractivity contribution in [3.63, 3.8) is 0 Å². The Kier molecular flexibility index (Phi) is 4.22. The van der Waals surface area contributed by atoms with E-state index in [2.05, 4.69) is 5.32 Å². The van der Waals surface area contributed by atoms with Gasteiger partial charge < -0.3 is 16.2 Å². The van der Waals surface area contributed by atoms with Crippen LogP contribution in [-0.2, 0) is 4.79 Å². The van der Waals surface area contributed by atoms with Gasteiger partial charge in [0.1, 0.15) is 5.82 Å². The highest BCUT2D eigenvalue weighted by Gasteiger charge is 2.28. The molecule has 1 amide bonds. The van der Waals surface area contributed by atoms with Crippen LogP contribution in [0.3, 0.4) is 0 Å². The minimum atomic E-state index is -0.831. The maximum absolute atomic E-state index is 13.3. The van der Waals surface area contributed by atoms with E-state index in [4.69, 9.17) is 10.8 Å². The van der Waals surface area contributed by atoms with Crippen LogP contribution in [0.2, 0.25) is 0 Å². The summed E-state index contributed by atoms with van der Waals surface area (Å²) in [7, 11) is 0. The summed E-state index contributed by atoms with van der Waals surface area (Å²) in [6.07, 6.45) is 2.56. The number of nitrogen functional groups attached to an aromatic ring is 1. The number of nitrogens with one attached hydrogen (secondary N) is 1. The largest absolute Gasteiger partial charge is 0.481 e. The molecule has 1 aliphatic rings. The van der Waals surface area contributed by atoms with E-state index in [0.717, 1.165) is 18.9 Å². The first-order valence-electron chi connectivity index (χ1n) is 6.56. The van der Waals surface area contributed by atoms with Gasteiger partial charge in [0.05, 0.1) is 11.6 Å². The molecule has 0 radical (unpaired) electrons. The zero-order valence-corrected chi connectivity index (χ0v) is 10.9. The Morgan fingerprint density at radius 2 is 2.10 bits per heavy atom. The summed E-state index contributed by atoms with van der Waals surface area (Å²) >= 11 is 0. The fourth-order valence-corrected chi connectivity index (χ4v) is 2.48. The summed E-state index contributed by atoms with van der Waals surface area (Å²) in [6.45, 7) is 0. The lowest BCUT2D eigenvalue weighted by Crippen LogP contribution is -2.40. The maximum Gasteiger partial charge on any atom is 0.306 e. The van der Waals surface area contributed by atoms with Crippen molar-refractivity contribution in [2.24, 2.45) is 5.92 Å². The standard InChI is InChI=1S/C14H17FN2O3/c15-11-7-8(4-5-12(11)16)13(18)17-10-3-1-2-9(6-10)14(19)20/h4-5,7,9-10H,1-3,6,16H2,(H,17,18)(H,19,20). The number of rotatable bonds is 3. The molecule has 1 aromatic carbocycles. The van der Waals surface area contributed by atoms with Crippen molar-refractivity contribution in [1.82, 2.24) is 5.32 Å². The number of hydrogen-bond acceptors (Lipinski definition) is 3. The molecule has 20 heavy (non-hydrogen) atoms. The van der Waals surface area contributed by atoms with Crippen LogP contribution in [0.1, 0.15) is 36.0 Å². The van der Waals surface area contributed by atoms with Gasteiger partial charge in [-0.05, 0) is 37.5 Å². The first kappa shape index (κ1) is 14.3. The van der Waals surface area contributed by atoms with Crippen molar-refractivity contribution in [3.05, 3.63) is 29.6 Å². The van der Waals surface area contributed by atoms with Crippen molar-refractivity contribution < 1.29 is 19.1 Å². The molecule has 0 saturated heterocycles. The number of amides is 1. The van der Waals surface area contributed by atoms with Crippen LogP contribution in [-0.4, -0.2) is 23.0 Å². The predicted molar refractivity (Wildman–Crippen MR) is 71.7 cm³/mol. The third-order valence-corrected chi connectivity index (χ3v) is 3.62. The fourth-order valence-electron chi connectivity index (χ4n) is 2.48. The van der Waals surface area contributed by atoms with Crippen LogP contribution in [0.15, 0.2) is 18.2 Å². The van der Waals surface area contributed by atoms with Crippen molar-refractivity contribution in [3.8, 4) is 0 Å². The van der Waals surface area contributed by atoms with Gasteiger partial charge in [0.2, 0.25) is 0 Å². The molecular weight excluding hydrogens is 263 g/mol. The van der Waals surface area contributed by atoms with E-state index in [1.165, 1.54) is 12.1 Å². The van der Waals surface area contributed by atoms with E-state index in [1.807, 2.05) is 0 Å². The summed E-state index contributed by atoms with van der Waals surface area (Å²) in [5.74, 6) is -2.29. The van der Waals surface area contributed by atoms with E-state index < -0.39 is 23.6 Å². The van der Waals surface area contributed by atoms with Crippen molar-refractivity contribution in [2.75, 3.05) is 5.73 Å². The zero-order chi connectivity index (χ0) is 14.7. The molecule has 1 aliphatic carbocycles. The molecule has 2 rings (SSSR count). The molecule has 0 aromatic heterocycles. The molecule has 4 N–H and O–H groups in total. The van der Waals surface area contributed by atoms with Crippen molar-refractivity contribution in [1.29, 1.82) is 0 Å². The Hall–Kier alpha value is -2.11. The average molecular weight is 280 g/mol. The molecule has 5 nitrogen and oxygen atoms in total. The van der Waals surface area contributed by atoms with Gasteiger partial charge in [-0.3, -0.25) is 9.59 Å². The Labute approximate surface area is 116 Å². The molecule has 2 atom stereocenters. The highest BCUT2D eigenvalue weighted by Crippen LogP contribution is 2.24. The molecule has 0 heterocycles.